The number of hydrogen-bond donors (Lipinski definition) is 0. The Morgan fingerprint density at radius 3 is 2.08 bits per heavy atom. The zero-order valence-corrected chi connectivity index (χ0v) is 9.39. The average molecular weight is 191 g/mol. The van der Waals surface area contributed by atoms with Gasteiger partial charge in [0, 0.05) is 0 Å². The third-order valence-corrected chi connectivity index (χ3v) is 1.51. The molecular weight excluding hydrogens is 172 g/mol. The SMILES string of the molecule is CC(C)CC(C)(Cl)N=NC(C)C. The van der Waals surface area contributed by atoms with Gasteiger partial charge >= 0.3 is 0 Å². The fourth-order valence-electron chi connectivity index (χ4n) is 1.02. The second-order valence-electron chi connectivity index (χ2n) is 4.05. The summed E-state index contributed by atoms with van der Waals surface area (Å²) in [5.41, 5.74) is 0. The molecule has 0 aliphatic carbocycles. The lowest BCUT2D eigenvalue weighted by atomic mass is 10.1. The van der Waals surface area contributed by atoms with Crippen molar-refractivity contribution < 1.29 is 0 Å². The summed E-state index contributed by atoms with van der Waals surface area (Å²) < 4.78 is 0. The Balaban J connectivity index is 4.03. The normalized spacial score (nSPS) is 17.7. The smallest absolute Gasteiger partial charge is 0.152 e. The minimum Gasteiger partial charge on any atom is -0.190 e. The molecule has 0 saturated heterocycles. The van der Waals surface area contributed by atoms with Crippen molar-refractivity contribution in [2.75, 3.05) is 0 Å². The Hall–Kier alpha value is -0.110. The van der Waals surface area contributed by atoms with E-state index < -0.39 is 5.00 Å². The van der Waals surface area contributed by atoms with E-state index >= 15 is 0 Å². The average Bonchev–Trinajstić information content (AvgIpc) is 1.81. The van der Waals surface area contributed by atoms with E-state index in [1.165, 1.54) is 0 Å². The molecule has 0 N–H and O–H groups in total. The third-order valence-electron chi connectivity index (χ3n) is 1.28. The van der Waals surface area contributed by atoms with E-state index in [4.69, 9.17) is 11.6 Å². The minimum absolute atomic E-state index is 0.232. The molecule has 12 heavy (non-hydrogen) atoms. The van der Waals surface area contributed by atoms with E-state index in [0.29, 0.717) is 5.92 Å². The molecule has 72 valence electrons. The Kier molecular flexibility index (Phi) is 4.76. The summed E-state index contributed by atoms with van der Waals surface area (Å²) in [6, 6.07) is 0.232. The molecule has 0 fully saturated rings. The van der Waals surface area contributed by atoms with Gasteiger partial charge in [-0.15, -0.1) is 0 Å². The van der Waals surface area contributed by atoms with Crippen molar-refractivity contribution in [3.63, 3.8) is 0 Å². The monoisotopic (exact) mass is 190 g/mol. The summed E-state index contributed by atoms with van der Waals surface area (Å²) in [5, 5.41) is 8.13. The maximum atomic E-state index is 6.11. The first-order valence-corrected chi connectivity index (χ1v) is 4.82. The molecule has 0 saturated carbocycles. The summed E-state index contributed by atoms with van der Waals surface area (Å²) >= 11 is 6.11. The van der Waals surface area contributed by atoms with Crippen LogP contribution in [0.4, 0.5) is 0 Å². The minimum atomic E-state index is -0.515. The second-order valence-corrected chi connectivity index (χ2v) is 4.86. The molecule has 0 spiro atoms. The van der Waals surface area contributed by atoms with E-state index in [9.17, 15) is 0 Å². The van der Waals surface area contributed by atoms with Crippen molar-refractivity contribution in [1.82, 2.24) is 0 Å². The highest BCUT2D eigenvalue weighted by Crippen LogP contribution is 2.25. The van der Waals surface area contributed by atoms with Gasteiger partial charge in [0.05, 0.1) is 6.04 Å². The first kappa shape index (κ1) is 11.9. The molecule has 0 rings (SSSR count). The molecule has 0 aromatic heterocycles. The van der Waals surface area contributed by atoms with Gasteiger partial charge < -0.3 is 0 Å². The van der Waals surface area contributed by atoms with Crippen molar-refractivity contribution in [2.24, 2.45) is 16.1 Å². The molecule has 0 aromatic carbocycles. The maximum absolute atomic E-state index is 6.11. The van der Waals surface area contributed by atoms with E-state index in [1.54, 1.807) is 0 Å². The Bertz CT molecular complexity index is 151. The van der Waals surface area contributed by atoms with Crippen molar-refractivity contribution in [1.29, 1.82) is 0 Å². The van der Waals surface area contributed by atoms with Gasteiger partial charge in [-0.05, 0) is 33.1 Å². The van der Waals surface area contributed by atoms with Crippen LogP contribution in [0.3, 0.4) is 0 Å². The highest BCUT2D eigenvalue weighted by molar-refractivity contribution is 6.23. The number of halogens is 1. The van der Waals surface area contributed by atoms with Crippen molar-refractivity contribution in [3.05, 3.63) is 0 Å². The van der Waals surface area contributed by atoms with E-state index in [-0.39, 0.29) is 6.04 Å². The summed E-state index contributed by atoms with van der Waals surface area (Å²) in [4.78, 5) is -0.515. The van der Waals surface area contributed by atoms with Gasteiger partial charge in [0.15, 0.2) is 5.00 Å². The Labute approximate surface area is 80.4 Å². The number of nitrogens with zero attached hydrogens (tertiary/aromatic N) is 2. The summed E-state index contributed by atoms with van der Waals surface area (Å²) in [6.45, 7) is 10.1. The van der Waals surface area contributed by atoms with Crippen LogP contribution in [0.5, 0.6) is 0 Å². The van der Waals surface area contributed by atoms with Gasteiger partial charge in [-0.25, -0.2) is 0 Å². The molecule has 0 heterocycles. The predicted molar refractivity (Wildman–Crippen MR) is 53.7 cm³/mol. The van der Waals surface area contributed by atoms with E-state index in [0.717, 1.165) is 6.42 Å². The van der Waals surface area contributed by atoms with Gasteiger partial charge in [-0.3, -0.25) is 0 Å². The summed E-state index contributed by atoms with van der Waals surface area (Å²) in [6.07, 6.45) is 0.866. The molecule has 0 bridgehead atoms. The van der Waals surface area contributed by atoms with Crippen LogP contribution in [0.25, 0.3) is 0 Å². The van der Waals surface area contributed by atoms with Gasteiger partial charge in [-0.2, -0.15) is 10.2 Å². The van der Waals surface area contributed by atoms with Crippen LogP contribution in [0, 0.1) is 5.92 Å². The Morgan fingerprint density at radius 1 is 1.25 bits per heavy atom. The first-order chi connectivity index (χ1) is 5.33. The van der Waals surface area contributed by atoms with Gasteiger partial charge in [-0.1, -0.05) is 25.4 Å². The molecule has 0 aromatic rings. The highest BCUT2D eigenvalue weighted by Gasteiger charge is 2.21. The first-order valence-electron chi connectivity index (χ1n) is 4.44. The number of alkyl halides is 1. The fourth-order valence-corrected chi connectivity index (χ4v) is 1.37. The number of rotatable bonds is 4. The third kappa shape index (κ3) is 6.59. The highest BCUT2D eigenvalue weighted by atomic mass is 35.5. The molecule has 1 atom stereocenters. The van der Waals surface area contributed by atoms with Gasteiger partial charge in [0.25, 0.3) is 0 Å². The van der Waals surface area contributed by atoms with Crippen molar-refractivity contribution in [2.45, 2.75) is 52.1 Å². The largest absolute Gasteiger partial charge is 0.190 e. The second kappa shape index (κ2) is 4.80. The molecule has 0 aliphatic heterocycles. The number of azo groups is 1. The molecule has 1 unspecified atom stereocenters. The van der Waals surface area contributed by atoms with Gasteiger partial charge in [0.1, 0.15) is 0 Å². The van der Waals surface area contributed by atoms with Crippen LogP contribution in [0.15, 0.2) is 10.2 Å². The zero-order valence-electron chi connectivity index (χ0n) is 8.63. The standard InChI is InChI=1S/C9H19ClN2/c1-7(2)6-9(5,10)12-11-8(3)4/h7-8H,6H2,1-5H3. The quantitative estimate of drug-likeness (QED) is 0.366. The topological polar surface area (TPSA) is 24.7 Å². The van der Waals surface area contributed by atoms with Crippen LogP contribution < -0.4 is 0 Å². The fraction of sp³-hybridized carbons (Fsp3) is 1.00. The zero-order chi connectivity index (χ0) is 9.78. The molecular formula is C9H19ClN2. The summed E-state index contributed by atoms with van der Waals surface area (Å²) in [7, 11) is 0. The van der Waals surface area contributed by atoms with E-state index in [1.807, 2.05) is 20.8 Å². The van der Waals surface area contributed by atoms with Crippen LogP contribution in [-0.4, -0.2) is 11.0 Å². The Morgan fingerprint density at radius 2 is 1.75 bits per heavy atom. The lowest BCUT2D eigenvalue weighted by Crippen LogP contribution is -2.15. The lowest BCUT2D eigenvalue weighted by Gasteiger charge is -2.17. The maximum Gasteiger partial charge on any atom is 0.152 e. The van der Waals surface area contributed by atoms with Crippen LogP contribution in [-0.2, 0) is 0 Å². The molecule has 2 nitrogen and oxygen atoms in total. The molecule has 0 radical (unpaired) electrons. The molecule has 3 heteroatoms. The lowest BCUT2D eigenvalue weighted by molar-refractivity contribution is 0.458. The van der Waals surface area contributed by atoms with Crippen molar-refractivity contribution in [3.8, 4) is 0 Å². The van der Waals surface area contributed by atoms with Crippen LogP contribution in [0.1, 0.15) is 41.0 Å². The summed E-state index contributed by atoms with van der Waals surface area (Å²) in [5.74, 6) is 0.554. The molecule has 0 aliphatic rings. The van der Waals surface area contributed by atoms with Crippen molar-refractivity contribution >= 4 is 11.6 Å². The van der Waals surface area contributed by atoms with E-state index in [2.05, 4.69) is 24.1 Å². The van der Waals surface area contributed by atoms with Crippen LogP contribution in [0.2, 0.25) is 0 Å². The number of hydrogen-bond acceptors (Lipinski definition) is 2. The molecule has 0 amide bonds. The predicted octanol–water partition coefficient (Wildman–Crippen LogP) is 3.85. The van der Waals surface area contributed by atoms with Gasteiger partial charge in [0.2, 0.25) is 0 Å². The van der Waals surface area contributed by atoms with Crippen LogP contribution >= 0.6 is 11.6 Å².